The van der Waals surface area contributed by atoms with Crippen LogP contribution >= 0.6 is 11.3 Å². The molecule has 0 aliphatic heterocycles. The highest BCUT2D eigenvalue weighted by molar-refractivity contribution is 7.26. The lowest BCUT2D eigenvalue weighted by molar-refractivity contribution is 0.864. The van der Waals surface area contributed by atoms with Crippen LogP contribution < -0.4 is 5.19 Å². The monoisotopic (exact) mass is 375 g/mol. The quantitative estimate of drug-likeness (QED) is 0.359. The van der Waals surface area contributed by atoms with Crippen LogP contribution in [0.4, 0.5) is 0 Å². The molecule has 2 aromatic carbocycles. The number of benzene rings is 2. The number of nitrogens with zero attached hydrogens (tertiary/aromatic N) is 1. The molecule has 132 valence electrons. The summed E-state index contributed by atoms with van der Waals surface area (Å²) < 4.78 is 2.76. The number of rotatable bonds is 3. The minimum absolute atomic E-state index is 0.516. The van der Waals surface area contributed by atoms with E-state index in [2.05, 4.69) is 87.0 Å². The third-order valence-corrected chi connectivity index (χ3v) is 8.26. The molecule has 2 heterocycles. The van der Waals surface area contributed by atoms with Crippen molar-refractivity contribution >= 4 is 44.8 Å². The van der Waals surface area contributed by atoms with E-state index < -0.39 is 8.07 Å². The number of pyridine rings is 1. The van der Waals surface area contributed by atoms with Crippen molar-refractivity contribution in [1.29, 1.82) is 0 Å². The molecule has 0 N–H and O–H groups in total. The Hall–Kier alpha value is -1.97. The molecule has 2 aromatic heterocycles. The molecular formula is C23H25NSSi. The molecule has 0 unspecified atom stereocenters. The van der Waals surface area contributed by atoms with Crippen LogP contribution in [0.15, 0.2) is 54.7 Å². The maximum Gasteiger partial charge on any atom is 0.0776 e. The third kappa shape index (κ3) is 3.10. The van der Waals surface area contributed by atoms with Crippen LogP contribution in [0.3, 0.4) is 0 Å². The van der Waals surface area contributed by atoms with Crippen molar-refractivity contribution in [2.75, 3.05) is 0 Å². The highest BCUT2D eigenvalue weighted by Crippen LogP contribution is 2.36. The molecule has 0 aliphatic carbocycles. The number of aromatic nitrogens is 1. The van der Waals surface area contributed by atoms with E-state index >= 15 is 0 Å². The summed E-state index contributed by atoms with van der Waals surface area (Å²) >= 11 is 1.91. The number of hydrogen-bond acceptors (Lipinski definition) is 2. The van der Waals surface area contributed by atoms with Crippen molar-refractivity contribution in [3.8, 4) is 11.3 Å². The van der Waals surface area contributed by atoms with Crippen molar-refractivity contribution in [3.63, 3.8) is 0 Å². The zero-order valence-electron chi connectivity index (χ0n) is 16.1. The predicted octanol–water partition coefficient (Wildman–Crippen LogP) is 6.79. The highest BCUT2D eigenvalue weighted by Gasteiger charge is 2.17. The first-order chi connectivity index (χ1) is 12.3. The maximum absolute atomic E-state index is 4.62. The van der Waals surface area contributed by atoms with Crippen molar-refractivity contribution < 1.29 is 0 Å². The van der Waals surface area contributed by atoms with Gasteiger partial charge in [0.1, 0.15) is 0 Å². The van der Waals surface area contributed by atoms with E-state index in [1.807, 2.05) is 17.5 Å². The molecule has 0 aliphatic rings. The van der Waals surface area contributed by atoms with E-state index in [9.17, 15) is 0 Å². The number of fused-ring (bicyclic) bond motifs is 3. The van der Waals surface area contributed by atoms with Gasteiger partial charge >= 0.3 is 0 Å². The molecule has 3 heteroatoms. The second kappa shape index (κ2) is 6.33. The molecule has 0 spiro atoms. The normalized spacial score (nSPS) is 12.4. The number of hydrogen-bond donors (Lipinski definition) is 0. The van der Waals surface area contributed by atoms with Gasteiger partial charge < -0.3 is 0 Å². The van der Waals surface area contributed by atoms with Gasteiger partial charge in [-0.05, 0) is 41.8 Å². The topological polar surface area (TPSA) is 12.9 Å². The Bertz CT molecular complexity index is 1100. The van der Waals surface area contributed by atoms with E-state index in [0.717, 1.165) is 5.69 Å². The van der Waals surface area contributed by atoms with Gasteiger partial charge in [-0.2, -0.15) is 0 Å². The average molecular weight is 376 g/mol. The third-order valence-electron chi connectivity index (χ3n) is 5.08. The van der Waals surface area contributed by atoms with E-state index in [1.54, 1.807) is 0 Å². The lowest BCUT2D eigenvalue weighted by atomic mass is 10.0. The molecule has 4 rings (SSSR count). The zero-order valence-corrected chi connectivity index (χ0v) is 17.9. The van der Waals surface area contributed by atoms with Crippen molar-refractivity contribution in [2.45, 2.75) is 39.4 Å². The molecule has 0 bridgehead atoms. The summed E-state index contributed by atoms with van der Waals surface area (Å²) in [6.07, 6.45) is 1.93. The predicted molar refractivity (Wildman–Crippen MR) is 120 cm³/mol. The Kier molecular flexibility index (Phi) is 4.24. The van der Waals surface area contributed by atoms with Gasteiger partial charge in [-0.3, -0.25) is 4.98 Å². The van der Waals surface area contributed by atoms with Gasteiger partial charge in [0.05, 0.1) is 13.8 Å². The Labute approximate surface area is 160 Å². The number of thiophene rings is 1. The molecular weight excluding hydrogens is 350 g/mol. The van der Waals surface area contributed by atoms with Crippen molar-refractivity contribution in [3.05, 3.63) is 60.3 Å². The zero-order chi connectivity index (χ0) is 18.5. The Morgan fingerprint density at radius 1 is 0.846 bits per heavy atom. The molecule has 0 amide bonds. The SMILES string of the molecule is CC(C)c1ccnc(-c2ccc3sc4cc([Si](C)(C)C)ccc4c3c2)c1. The molecule has 0 saturated carbocycles. The summed E-state index contributed by atoms with van der Waals surface area (Å²) in [4.78, 5) is 4.62. The van der Waals surface area contributed by atoms with Crippen LogP contribution in [-0.4, -0.2) is 13.1 Å². The van der Waals surface area contributed by atoms with Crippen LogP contribution in [0.25, 0.3) is 31.4 Å². The average Bonchev–Trinajstić information content (AvgIpc) is 2.98. The van der Waals surface area contributed by atoms with Gasteiger partial charge in [0.15, 0.2) is 0 Å². The summed E-state index contributed by atoms with van der Waals surface area (Å²) in [6, 6.07) is 18.2. The van der Waals surface area contributed by atoms with E-state index in [0.29, 0.717) is 5.92 Å². The first-order valence-electron chi connectivity index (χ1n) is 9.26. The first kappa shape index (κ1) is 17.4. The van der Waals surface area contributed by atoms with Crippen molar-refractivity contribution in [2.24, 2.45) is 0 Å². The fourth-order valence-corrected chi connectivity index (χ4v) is 5.76. The van der Waals surface area contributed by atoms with Gasteiger partial charge in [0.2, 0.25) is 0 Å². The molecule has 0 atom stereocenters. The summed E-state index contributed by atoms with van der Waals surface area (Å²) in [6.45, 7) is 11.7. The Morgan fingerprint density at radius 2 is 1.65 bits per heavy atom. The molecule has 26 heavy (non-hydrogen) atoms. The van der Waals surface area contributed by atoms with Gasteiger partial charge in [0.25, 0.3) is 0 Å². The van der Waals surface area contributed by atoms with Crippen LogP contribution in [0.2, 0.25) is 19.6 Å². The lowest BCUT2D eigenvalue weighted by Gasteiger charge is -2.16. The van der Waals surface area contributed by atoms with E-state index in [4.69, 9.17) is 0 Å². The van der Waals surface area contributed by atoms with Crippen LogP contribution in [0, 0.1) is 0 Å². The van der Waals surface area contributed by atoms with Gasteiger partial charge in [-0.25, -0.2) is 0 Å². The Balaban J connectivity index is 1.87. The molecule has 1 nitrogen and oxygen atoms in total. The summed E-state index contributed by atoms with van der Waals surface area (Å²) in [7, 11) is -1.28. The van der Waals surface area contributed by atoms with Gasteiger partial charge in [-0.15, -0.1) is 11.3 Å². The second-order valence-electron chi connectivity index (χ2n) is 8.40. The van der Waals surface area contributed by atoms with E-state index in [-0.39, 0.29) is 0 Å². The van der Waals surface area contributed by atoms with Crippen LogP contribution in [0.5, 0.6) is 0 Å². The van der Waals surface area contributed by atoms with Gasteiger partial charge in [-0.1, -0.05) is 56.9 Å². The van der Waals surface area contributed by atoms with Gasteiger partial charge in [0, 0.05) is 31.9 Å². The smallest absolute Gasteiger partial charge is 0.0776 e. The fraction of sp³-hybridized carbons (Fsp3) is 0.261. The minimum atomic E-state index is -1.28. The van der Waals surface area contributed by atoms with Crippen LogP contribution in [0.1, 0.15) is 25.3 Å². The first-order valence-corrected chi connectivity index (χ1v) is 13.6. The standard InChI is InChI=1S/C23H25NSSi/c1-15(2)16-10-11-24-21(13-16)17-6-9-22-20(12-17)19-8-7-18(26(3,4)5)14-23(19)25-22/h6-15H,1-5H3. The Morgan fingerprint density at radius 3 is 2.38 bits per heavy atom. The minimum Gasteiger partial charge on any atom is -0.256 e. The lowest BCUT2D eigenvalue weighted by Crippen LogP contribution is -2.37. The molecule has 0 radical (unpaired) electrons. The fourth-order valence-electron chi connectivity index (χ4n) is 3.37. The summed E-state index contributed by atoms with van der Waals surface area (Å²) in [5.74, 6) is 0.516. The van der Waals surface area contributed by atoms with E-state index in [1.165, 1.54) is 36.5 Å². The highest BCUT2D eigenvalue weighted by atomic mass is 32.1. The molecule has 4 aromatic rings. The molecule has 0 saturated heterocycles. The summed E-state index contributed by atoms with van der Waals surface area (Å²) in [5.41, 5.74) is 3.61. The largest absolute Gasteiger partial charge is 0.256 e. The second-order valence-corrected chi connectivity index (χ2v) is 14.6. The van der Waals surface area contributed by atoms with Crippen LogP contribution in [-0.2, 0) is 0 Å². The summed E-state index contributed by atoms with van der Waals surface area (Å²) in [5, 5.41) is 4.25. The molecule has 0 fully saturated rings. The maximum atomic E-state index is 4.62. The van der Waals surface area contributed by atoms with Crippen molar-refractivity contribution in [1.82, 2.24) is 4.98 Å².